The molecule has 9 heteroatoms. The minimum Gasteiger partial charge on any atom is -0.484 e. The summed E-state index contributed by atoms with van der Waals surface area (Å²) >= 11 is 2.74. The Kier molecular flexibility index (Phi) is 7.64. The summed E-state index contributed by atoms with van der Waals surface area (Å²) in [4.78, 5) is 14.8. The van der Waals surface area contributed by atoms with Crippen LogP contribution < -0.4 is 10.1 Å². The molecule has 1 atom stereocenters. The summed E-state index contributed by atoms with van der Waals surface area (Å²) in [5, 5.41) is 10.7. The van der Waals surface area contributed by atoms with Crippen LogP contribution in [0.15, 0.2) is 98.3 Å². The van der Waals surface area contributed by atoms with Crippen LogP contribution >= 0.6 is 23.5 Å². The number of benzene rings is 3. The fourth-order valence-corrected chi connectivity index (χ4v) is 4.36. The first-order valence-corrected chi connectivity index (χ1v) is 11.8. The standard InChI is InChI=1S/C24H20FN3O3S2/c1-16(32-24-28-27-22(31-24)15-30-18-13-11-17(25)12-14-18)23(29)26-20-9-5-6-10-21(20)33-19-7-3-2-4-8-19/h2-14,16H,15H2,1H3,(H,26,29). The quantitative estimate of drug-likeness (QED) is 0.291. The lowest BCUT2D eigenvalue weighted by atomic mass is 10.3. The minimum absolute atomic E-state index is 0.0455. The maximum absolute atomic E-state index is 13.0. The molecule has 0 aliphatic heterocycles. The molecule has 0 radical (unpaired) electrons. The molecule has 168 valence electrons. The zero-order chi connectivity index (χ0) is 23.0. The van der Waals surface area contributed by atoms with Crippen molar-refractivity contribution in [1.29, 1.82) is 0 Å². The molecule has 1 aromatic heterocycles. The van der Waals surface area contributed by atoms with Gasteiger partial charge in [-0.1, -0.05) is 53.9 Å². The van der Waals surface area contributed by atoms with Gasteiger partial charge in [-0.05, 0) is 55.5 Å². The Bertz CT molecular complexity index is 1200. The number of hydrogen-bond donors (Lipinski definition) is 1. The van der Waals surface area contributed by atoms with Crippen LogP contribution in [0.1, 0.15) is 12.8 Å². The Hall–Kier alpha value is -3.30. The number of carbonyl (C=O) groups is 1. The largest absolute Gasteiger partial charge is 0.484 e. The number of nitrogens with one attached hydrogen (secondary N) is 1. The van der Waals surface area contributed by atoms with Gasteiger partial charge in [-0.2, -0.15) is 0 Å². The van der Waals surface area contributed by atoms with Crippen LogP contribution in [-0.4, -0.2) is 21.4 Å². The maximum Gasteiger partial charge on any atom is 0.277 e. The van der Waals surface area contributed by atoms with E-state index in [9.17, 15) is 9.18 Å². The Morgan fingerprint density at radius 1 is 1.03 bits per heavy atom. The smallest absolute Gasteiger partial charge is 0.277 e. The maximum atomic E-state index is 13.0. The van der Waals surface area contributed by atoms with Crippen molar-refractivity contribution in [3.8, 4) is 5.75 Å². The second-order valence-electron chi connectivity index (χ2n) is 6.86. The van der Waals surface area contributed by atoms with Gasteiger partial charge in [0.25, 0.3) is 11.1 Å². The Labute approximate surface area is 199 Å². The van der Waals surface area contributed by atoms with Crippen molar-refractivity contribution in [1.82, 2.24) is 10.2 Å². The van der Waals surface area contributed by atoms with Crippen LogP contribution in [0.2, 0.25) is 0 Å². The van der Waals surface area contributed by atoms with E-state index in [-0.39, 0.29) is 29.4 Å². The fourth-order valence-electron chi connectivity index (χ4n) is 2.73. The fraction of sp³-hybridized carbons (Fsp3) is 0.125. The number of halogens is 1. The summed E-state index contributed by atoms with van der Waals surface area (Å²) in [6.45, 7) is 1.82. The number of thioether (sulfide) groups is 1. The highest BCUT2D eigenvalue weighted by Gasteiger charge is 2.20. The van der Waals surface area contributed by atoms with Crippen LogP contribution in [0.5, 0.6) is 5.75 Å². The lowest BCUT2D eigenvalue weighted by Gasteiger charge is -2.13. The Morgan fingerprint density at radius 3 is 2.55 bits per heavy atom. The summed E-state index contributed by atoms with van der Waals surface area (Å²) in [5.74, 6) is 0.235. The number of nitrogens with zero attached hydrogens (tertiary/aromatic N) is 2. The van der Waals surface area contributed by atoms with Gasteiger partial charge in [0.05, 0.1) is 10.9 Å². The molecule has 0 aliphatic rings. The molecule has 0 spiro atoms. The van der Waals surface area contributed by atoms with Crippen molar-refractivity contribution < 1.29 is 18.3 Å². The first-order valence-electron chi connectivity index (χ1n) is 10.1. The first kappa shape index (κ1) is 22.9. The van der Waals surface area contributed by atoms with Crippen molar-refractivity contribution in [3.05, 3.63) is 90.6 Å². The Balaban J connectivity index is 1.32. The molecule has 4 rings (SSSR count). The van der Waals surface area contributed by atoms with E-state index in [1.165, 1.54) is 24.3 Å². The van der Waals surface area contributed by atoms with Gasteiger partial charge < -0.3 is 14.5 Å². The summed E-state index contributed by atoms with van der Waals surface area (Å²) in [5.41, 5.74) is 0.739. The topological polar surface area (TPSA) is 77.2 Å². The van der Waals surface area contributed by atoms with E-state index in [0.29, 0.717) is 5.75 Å². The third kappa shape index (κ3) is 6.59. The van der Waals surface area contributed by atoms with Gasteiger partial charge in [0, 0.05) is 9.79 Å². The average molecular weight is 482 g/mol. The van der Waals surface area contributed by atoms with Crippen LogP contribution in [0.25, 0.3) is 0 Å². The SMILES string of the molecule is CC(Sc1nnc(COc2ccc(F)cc2)o1)C(=O)Nc1ccccc1Sc1ccccc1. The van der Waals surface area contributed by atoms with Gasteiger partial charge in [-0.3, -0.25) is 4.79 Å². The van der Waals surface area contributed by atoms with Crippen molar-refractivity contribution in [3.63, 3.8) is 0 Å². The van der Waals surface area contributed by atoms with Gasteiger partial charge in [-0.25, -0.2) is 4.39 Å². The van der Waals surface area contributed by atoms with E-state index in [0.717, 1.165) is 27.2 Å². The molecule has 0 saturated heterocycles. The molecule has 3 aromatic carbocycles. The van der Waals surface area contributed by atoms with Crippen LogP contribution in [-0.2, 0) is 11.4 Å². The van der Waals surface area contributed by atoms with Crippen LogP contribution in [0.3, 0.4) is 0 Å². The number of carbonyl (C=O) groups excluding carboxylic acids is 1. The number of aromatic nitrogens is 2. The molecule has 33 heavy (non-hydrogen) atoms. The van der Waals surface area contributed by atoms with Gasteiger partial charge in [-0.15, -0.1) is 10.2 Å². The summed E-state index contributed by atoms with van der Waals surface area (Å²) in [6.07, 6.45) is 0. The molecule has 1 amide bonds. The predicted octanol–water partition coefficient (Wildman–Crippen LogP) is 6.06. The number of ether oxygens (including phenoxy) is 1. The van der Waals surface area contributed by atoms with Crippen molar-refractivity contribution >= 4 is 35.1 Å². The molecule has 0 saturated carbocycles. The van der Waals surface area contributed by atoms with E-state index in [2.05, 4.69) is 15.5 Å². The number of para-hydroxylation sites is 1. The molecular formula is C24H20FN3O3S2. The monoisotopic (exact) mass is 481 g/mol. The third-order valence-electron chi connectivity index (χ3n) is 4.39. The molecule has 4 aromatic rings. The van der Waals surface area contributed by atoms with Gasteiger partial charge >= 0.3 is 0 Å². The lowest BCUT2D eigenvalue weighted by molar-refractivity contribution is -0.115. The van der Waals surface area contributed by atoms with Crippen molar-refractivity contribution in [2.75, 3.05) is 5.32 Å². The minimum atomic E-state index is -0.467. The molecule has 0 fully saturated rings. The molecule has 6 nitrogen and oxygen atoms in total. The van der Waals surface area contributed by atoms with E-state index >= 15 is 0 Å². The summed E-state index contributed by atoms with van der Waals surface area (Å²) in [6, 6.07) is 23.3. The number of rotatable bonds is 9. The highest BCUT2D eigenvalue weighted by Crippen LogP contribution is 2.33. The number of amides is 1. The zero-order valence-corrected chi connectivity index (χ0v) is 19.2. The van der Waals surface area contributed by atoms with E-state index in [1.807, 2.05) is 54.6 Å². The molecule has 0 bridgehead atoms. The van der Waals surface area contributed by atoms with Crippen LogP contribution in [0, 0.1) is 5.82 Å². The summed E-state index contributed by atoms with van der Waals surface area (Å²) < 4.78 is 24.0. The molecule has 1 heterocycles. The molecule has 1 unspecified atom stereocenters. The van der Waals surface area contributed by atoms with Crippen molar-refractivity contribution in [2.45, 2.75) is 33.8 Å². The third-order valence-corrected chi connectivity index (χ3v) is 6.41. The normalized spacial score (nSPS) is 11.7. The Morgan fingerprint density at radius 2 is 1.76 bits per heavy atom. The lowest BCUT2D eigenvalue weighted by Crippen LogP contribution is -2.22. The molecular weight excluding hydrogens is 461 g/mol. The second kappa shape index (κ2) is 11.0. The highest BCUT2D eigenvalue weighted by atomic mass is 32.2. The number of anilines is 1. The van der Waals surface area contributed by atoms with Crippen LogP contribution in [0.4, 0.5) is 10.1 Å². The molecule has 0 aliphatic carbocycles. The average Bonchev–Trinajstić information content (AvgIpc) is 3.28. The molecule has 1 N–H and O–H groups in total. The van der Waals surface area contributed by atoms with E-state index in [4.69, 9.17) is 9.15 Å². The van der Waals surface area contributed by atoms with Crippen molar-refractivity contribution in [2.24, 2.45) is 0 Å². The number of hydrogen-bond acceptors (Lipinski definition) is 7. The van der Waals surface area contributed by atoms with E-state index in [1.54, 1.807) is 18.7 Å². The van der Waals surface area contributed by atoms with Gasteiger partial charge in [0.1, 0.15) is 11.6 Å². The first-order chi connectivity index (χ1) is 16.1. The van der Waals surface area contributed by atoms with Gasteiger partial charge in [0.15, 0.2) is 6.61 Å². The predicted molar refractivity (Wildman–Crippen MR) is 126 cm³/mol. The zero-order valence-electron chi connectivity index (χ0n) is 17.6. The highest BCUT2D eigenvalue weighted by molar-refractivity contribution is 8.00. The summed E-state index contributed by atoms with van der Waals surface area (Å²) in [7, 11) is 0. The van der Waals surface area contributed by atoms with E-state index < -0.39 is 5.25 Å². The van der Waals surface area contributed by atoms with Gasteiger partial charge in [0.2, 0.25) is 5.91 Å². The second-order valence-corrected chi connectivity index (χ2v) is 9.27.